The first-order chi connectivity index (χ1) is 12.6. The van der Waals surface area contributed by atoms with Crippen LogP contribution < -0.4 is 10.2 Å². The van der Waals surface area contributed by atoms with E-state index in [-0.39, 0.29) is 24.8 Å². The van der Waals surface area contributed by atoms with E-state index in [0.29, 0.717) is 32.1 Å². The van der Waals surface area contributed by atoms with E-state index >= 15 is 0 Å². The zero-order valence-electron chi connectivity index (χ0n) is 14.9. The van der Waals surface area contributed by atoms with Crippen molar-refractivity contribution in [3.05, 3.63) is 53.9 Å². The number of carbonyl (C=O) groups excluding carboxylic acids is 2. The number of aromatic nitrogens is 2. The molecule has 26 heavy (non-hydrogen) atoms. The summed E-state index contributed by atoms with van der Waals surface area (Å²) < 4.78 is 0. The highest BCUT2D eigenvalue weighted by Gasteiger charge is 2.22. The fourth-order valence-electron chi connectivity index (χ4n) is 2.85. The Morgan fingerprint density at radius 1 is 1.04 bits per heavy atom. The van der Waals surface area contributed by atoms with Gasteiger partial charge in [-0.3, -0.25) is 9.59 Å². The van der Waals surface area contributed by atoms with E-state index < -0.39 is 0 Å². The third kappa shape index (κ3) is 4.78. The number of carbonyl (C=O) groups is 2. The van der Waals surface area contributed by atoms with Crippen molar-refractivity contribution in [2.45, 2.75) is 13.3 Å². The van der Waals surface area contributed by atoms with E-state index in [2.05, 4.69) is 20.2 Å². The highest BCUT2D eigenvalue weighted by molar-refractivity contribution is 5.85. The second kappa shape index (κ2) is 8.42. The van der Waals surface area contributed by atoms with Crippen molar-refractivity contribution < 1.29 is 9.59 Å². The Balaban J connectivity index is 1.41. The van der Waals surface area contributed by atoms with E-state index in [0.717, 1.165) is 11.1 Å². The van der Waals surface area contributed by atoms with Gasteiger partial charge >= 0.3 is 0 Å². The summed E-state index contributed by atoms with van der Waals surface area (Å²) in [6, 6.07) is 9.60. The van der Waals surface area contributed by atoms with E-state index in [1.165, 1.54) is 0 Å². The number of hydrogen-bond donors (Lipinski definition) is 1. The van der Waals surface area contributed by atoms with Gasteiger partial charge in [0, 0.05) is 38.6 Å². The summed E-state index contributed by atoms with van der Waals surface area (Å²) in [5.41, 5.74) is 2.10. The van der Waals surface area contributed by atoms with Crippen molar-refractivity contribution in [3.63, 3.8) is 0 Å². The van der Waals surface area contributed by atoms with Crippen LogP contribution >= 0.6 is 0 Å². The largest absolute Gasteiger partial charge is 0.347 e. The van der Waals surface area contributed by atoms with Crippen LogP contribution in [-0.4, -0.2) is 59.4 Å². The molecule has 0 saturated carbocycles. The minimum Gasteiger partial charge on any atom is -0.347 e. The molecule has 1 aliphatic rings. The molecule has 136 valence electrons. The molecule has 0 spiro atoms. The van der Waals surface area contributed by atoms with Crippen LogP contribution in [0, 0.1) is 6.92 Å². The third-order valence-electron chi connectivity index (χ3n) is 4.39. The minimum atomic E-state index is -0.140. The smallest absolute Gasteiger partial charge is 0.242 e. The zero-order chi connectivity index (χ0) is 18.4. The second-order valence-corrected chi connectivity index (χ2v) is 6.36. The molecule has 0 bridgehead atoms. The van der Waals surface area contributed by atoms with Gasteiger partial charge in [-0.15, -0.1) is 0 Å². The Morgan fingerprint density at radius 2 is 1.69 bits per heavy atom. The van der Waals surface area contributed by atoms with Gasteiger partial charge in [-0.2, -0.15) is 0 Å². The first-order valence-corrected chi connectivity index (χ1v) is 8.74. The van der Waals surface area contributed by atoms with E-state index in [1.54, 1.807) is 23.4 Å². The predicted molar refractivity (Wildman–Crippen MR) is 98.7 cm³/mol. The lowest BCUT2D eigenvalue weighted by atomic mass is 10.1. The summed E-state index contributed by atoms with van der Waals surface area (Å²) in [6.07, 6.45) is 3.71. The van der Waals surface area contributed by atoms with Crippen LogP contribution in [0.25, 0.3) is 0 Å². The maximum absolute atomic E-state index is 12.3. The van der Waals surface area contributed by atoms with Crippen molar-refractivity contribution in [3.8, 4) is 0 Å². The van der Waals surface area contributed by atoms with Gasteiger partial charge in [-0.1, -0.05) is 29.8 Å². The van der Waals surface area contributed by atoms with Crippen LogP contribution in [0.4, 0.5) is 5.95 Å². The highest BCUT2D eigenvalue weighted by Crippen LogP contribution is 2.09. The Morgan fingerprint density at radius 3 is 2.35 bits per heavy atom. The molecule has 7 heteroatoms. The van der Waals surface area contributed by atoms with Crippen molar-refractivity contribution in [1.82, 2.24) is 20.2 Å². The Bertz CT molecular complexity index is 740. The van der Waals surface area contributed by atoms with Crippen LogP contribution in [0.15, 0.2) is 42.7 Å². The molecule has 0 aliphatic carbocycles. The van der Waals surface area contributed by atoms with Gasteiger partial charge in [0.25, 0.3) is 0 Å². The summed E-state index contributed by atoms with van der Waals surface area (Å²) in [7, 11) is 0. The third-order valence-corrected chi connectivity index (χ3v) is 4.39. The van der Waals surface area contributed by atoms with E-state index in [1.807, 2.05) is 31.2 Å². The summed E-state index contributed by atoms with van der Waals surface area (Å²) in [4.78, 5) is 36.6. The number of aryl methyl sites for hydroxylation is 1. The quantitative estimate of drug-likeness (QED) is 0.860. The van der Waals surface area contributed by atoms with Crippen LogP contribution in [0.3, 0.4) is 0 Å². The molecule has 1 aliphatic heterocycles. The predicted octanol–water partition coefficient (Wildman–Crippen LogP) is 0.793. The van der Waals surface area contributed by atoms with Crippen LogP contribution in [0.1, 0.15) is 11.1 Å². The molecule has 2 amide bonds. The Labute approximate surface area is 153 Å². The fraction of sp³-hybridized carbons (Fsp3) is 0.368. The first-order valence-electron chi connectivity index (χ1n) is 8.74. The number of anilines is 1. The fourth-order valence-corrected chi connectivity index (χ4v) is 2.85. The van der Waals surface area contributed by atoms with Gasteiger partial charge in [0.15, 0.2) is 0 Å². The first kappa shape index (κ1) is 17.8. The normalized spacial score (nSPS) is 14.2. The molecule has 1 aromatic carbocycles. The molecule has 1 N–H and O–H groups in total. The lowest BCUT2D eigenvalue weighted by Gasteiger charge is -2.34. The van der Waals surface area contributed by atoms with Gasteiger partial charge in [0.05, 0.1) is 13.0 Å². The summed E-state index contributed by atoms with van der Waals surface area (Å²) >= 11 is 0. The van der Waals surface area contributed by atoms with E-state index in [9.17, 15) is 9.59 Å². The van der Waals surface area contributed by atoms with Crippen LogP contribution in [0.5, 0.6) is 0 Å². The Hall–Kier alpha value is -2.96. The molecule has 3 rings (SSSR count). The van der Waals surface area contributed by atoms with Crippen molar-refractivity contribution in [1.29, 1.82) is 0 Å². The molecule has 1 aromatic heterocycles. The lowest BCUT2D eigenvalue weighted by Crippen LogP contribution is -2.51. The minimum absolute atomic E-state index is 0.0343. The number of nitrogens with one attached hydrogen (secondary N) is 1. The van der Waals surface area contributed by atoms with Gasteiger partial charge in [0.1, 0.15) is 0 Å². The number of piperazine rings is 1. The standard InChI is InChI=1S/C19H23N5O2/c1-15-3-5-16(6-4-15)13-17(25)22-14-18(26)23-9-11-24(12-10-23)19-20-7-2-8-21-19/h2-8H,9-14H2,1H3,(H,22,25). The lowest BCUT2D eigenvalue weighted by molar-refractivity contribution is -0.133. The van der Waals surface area contributed by atoms with Gasteiger partial charge in [0.2, 0.25) is 17.8 Å². The average molecular weight is 353 g/mol. The van der Waals surface area contributed by atoms with Crippen molar-refractivity contribution >= 4 is 17.8 Å². The molecular weight excluding hydrogens is 330 g/mol. The molecular formula is C19H23N5O2. The molecule has 1 saturated heterocycles. The van der Waals surface area contributed by atoms with Crippen LogP contribution in [0.2, 0.25) is 0 Å². The zero-order valence-corrected chi connectivity index (χ0v) is 14.9. The average Bonchev–Trinajstić information content (AvgIpc) is 2.69. The van der Waals surface area contributed by atoms with Gasteiger partial charge in [-0.05, 0) is 18.6 Å². The second-order valence-electron chi connectivity index (χ2n) is 6.36. The molecule has 7 nitrogen and oxygen atoms in total. The number of hydrogen-bond acceptors (Lipinski definition) is 5. The highest BCUT2D eigenvalue weighted by atomic mass is 16.2. The Kier molecular flexibility index (Phi) is 5.78. The summed E-state index contributed by atoms with van der Waals surface area (Å²) in [5, 5.41) is 2.72. The monoisotopic (exact) mass is 353 g/mol. The number of benzene rings is 1. The summed E-state index contributed by atoms with van der Waals surface area (Å²) in [5.74, 6) is 0.486. The topological polar surface area (TPSA) is 78.4 Å². The maximum atomic E-state index is 12.3. The van der Waals surface area contributed by atoms with E-state index in [4.69, 9.17) is 0 Å². The van der Waals surface area contributed by atoms with Crippen molar-refractivity contribution in [2.75, 3.05) is 37.6 Å². The maximum Gasteiger partial charge on any atom is 0.242 e. The molecule has 1 fully saturated rings. The number of amides is 2. The molecule has 0 unspecified atom stereocenters. The molecule has 0 radical (unpaired) electrons. The molecule has 0 atom stereocenters. The van der Waals surface area contributed by atoms with Gasteiger partial charge < -0.3 is 15.1 Å². The van der Waals surface area contributed by atoms with Gasteiger partial charge in [-0.25, -0.2) is 9.97 Å². The SMILES string of the molecule is Cc1ccc(CC(=O)NCC(=O)N2CCN(c3ncccn3)CC2)cc1. The number of rotatable bonds is 5. The number of nitrogens with zero attached hydrogens (tertiary/aromatic N) is 4. The molecule has 2 aromatic rings. The van der Waals surface area contributed by atoms with Crippen molar-refractivity contribution in [2.24, 2.45) is 0 Å². The summed E-state index contributed by atoms with van der Waals surface area (Å²) in [6.45, 7) is 4.62. The molecule has 2 heterocycles. The van der Waals surface area contributed by atoms with Crippen LogP contribution in [-0.2, 0) is 16.0 Å².